The fourth-order valence-electron chi connectivity index (χ4n) is 3.71. The van der Waals surface area contributed by atoms with Crippen LogP contribution < -0.4 is 5.32 Å². The Bertz CT molecular complexity index is 1090. The van der Waals surface area contributed by atoms with Crippen LogP contribution in [0, 0.1) is 5.92 Å². The number of nitrogens with zero attached hydrogens (tertiary/aromatic N) is 3. The predicted molar refractivity (Wildman–Crippen MR) is 113 cm³/mol. The number of hydrogen-bond donors (Lipinski definition) is 1. The molecule has 32 heavy (non-hydrogen) atoms. The summed E-state index contributed by atoms with van der Waals surface area (Å²) in [4.78, 5) is 19.1. The average molecular weight is 465 g/mol. The minimum Gasteiger partial charge on any atom is -0.338 e. The van der Waals surface area contributed by atoms with E-state index in [9.17, 15) is 18.0 Å². The third kappa shape index (κ3) is 5.28. The highest BCUT2D eigenvalue weighted by Gasteiger charge is 2.34. The summed E-state index contributed by atoms with van der Waals surface area (Å²) in [5.74, 6) is -0.0346. The topological polar surface area (TPSA) is 71.3 Å². The van der Waals surface area contributed by atoms with Gasteiger partial charge in [0.15, 0.2) is 0 Å². The van der Waals surface area contributed by atoms with Crippen molar-refractivity contribution in [1.29, 1.82) is 0 Å². The van der Waals surface area contributed by atoms with Crippen LogP contribution in [0.3, 0.4) is 0 Å². The van der Waals surface area contributed by atoms with Gasteiger partial charge >= 0.3 is 6.18 Å². The summed E-state index contributed by atoms with van der Waals surface area (Å²) in [5.41, 5.74) is -0.322. The summed E-state index contributed by atoms with van der Waals surface area (Å²) in [6.45, 7) is 1.46. The lowest BCUT2D eigenvalue weighted by atomic mass is 9.97. The van der Waals surface area contributed by atoms with Gasteiger partial charge < -0.3 is 9.84 Å². The number of carbonyl (C=O) groups is 1. The lowest BCUT2D eigenvalue weighted by molar-refractivity contribution is -0.137. The van der Waals surface area contributed by atoms with E-state index in [1.165, 1.54) is 18.2 Å². The fraction of sp³-hybridized carbons (Fsp3) is 0.318. The number of nitrogens with one attached hydrogen (secondary N) is 1. The Labute approximate surface area is 187 Å². The smallest absolute Gasteiger partial charge is 0.338 e. The number of anilines is 1. The van der Waals surface area contributed by atoms with Crippen molar-refractivity contribution in [2.75, 3.05) is 18.4 Å². The van der Waals surface area contributed by atoms with Gasteiger partial charge in [-0.25, -0.2) is 0 Å². The molecule has 168 valence electrons. The second kappa shape index (κ2) is 9.30. The van der Waals surface area contributed by atoms with Crippen molar-refractivity contribution in [2.45, 2.75) is 25.6 Å². The predicted octanol–water partition coefficient (Wildman–Crippen LogP) is 5.26. The Kier molecular flexibility index (Phi) is 6.48. The first-order chi connectivity index (χ1) is 15.3. The molecule has 1 saturated heterocycles. The molecule has 0 radical (unpaired) electrons. The van der Waals surface area contributed by atoms with Gasteiger partial charge in [-0.05, 0) is 55.8 Å². The molecule has 1 unspecified atom stereocenters. The van der Waals surface area contributed by atoms with Gasteiger partial charge in [0.05, 0.1) is 23.7 Å². The molecule has 1 atom stereocenters. The molecule has 1 aromatic heterocycles. The Balaban J connectivity index is 1.39. The first kappa shape index (κ1) is 22.3. The van der Waals surface area contributed by atoms with Crippen LogP contribution in [0.1, 0.15) is 24.3 Å². The Morgan fingerprint density at radius 1 is 1.19 bits per heavy atom. The highest BCUT2D eigenvalue weighted by Crippen LogP contribution is 2.35. The van der Waals surface area contributed by atoms with Crippen molar-refractivity contribution in [1.82, 2.24) is 15.0 Å². The Hall–Kier alpha value is -2.91. The first-order valence-electron chi connectivity index (χ1n) is 10.1. The van der Waals surface area contributed by atoms with Crippen molar-refractivity contribution < 1.29 is 22.5 Å². The number of aromatic nitrogens is 2. The molecule has 2 heterocycles. The summed E-state index contributed by atoms with van der Waals surface area (Å²) in [5, 5.41) is 7.04. The van der Waals surface area contributed by atoms with Crippen molar-refractivity contribution in [2.24, 2.45) is 5.92 Å². The zero-order valence-corrected chi connectivity index (χ0v) is 17.7. The van der Waals surface area contributed by atoms with Crippen LogP contribution in [-0.4, -0.2) is 34.0 Å². The van der Waals surface area contributed by atoms with Gasteiger partial charge in [0, 0.05) is 17.1 Å². The van der Waals surface area contributed by atoms with Gasteiger partial charge in [0.1, 0.15) is 0 Å². The average Bonchev–Trinajstić information content (AvgIpc) is 3.22. The van der Waals surface area contributed by atoms with E-state index in [1.807, 2.05) is 4.90 Å². The Morgan fingerprint density at radius 3 is 2.69 bits per heavy atom. The molecule has 0 saturated carbocycles. The fourth-order valence-corrected chi connectivity index (χ4v) is 3.84. The summed E-state index contributed by atoms with van der Waals surface area (Å²) >= 11 is 5.90. The molecule has 1 aliphatic heterocycles. The van der Waals surface area contributed by atoms with Crippen LogP contribution in [0.15, 0.2) is 53.1 Å². The maximum Gasteiger partial charge on any atom is 0.418 e. The number of halogens is 4. The van der Waals surface area contributed by atoms with Crippen molar-refractivity contribution in [3.05, 3.63) is 65.0 Å². The number of benzene rings is 2. The molecule has 2 aromatic carbocycles. The van der Waals surface area contributed by atoms with Crippen LogP contribution >= 0.6 is 11.6 Å². The number of rotatable bonds is 5. The van der Waals surface area contributed by atoms with Crippen molar-refractivity contribution in [3.63, 3.8) is 0 Å². The van der Waals surface area contributed by atoms with E-state index < -0.39 is 23.6 Å². The molecule has 1 aliphatic rings. The molecule has 0 spiro atoms. The van der Waals surface area contributed by atoms with Gasteiger partial charge in [-0.1, -0.05) is 28.9 Å². The number of likely N-dealkylation sites (tertiary alicyclic amines) is 1. The quantitative estimate of drug-likeness (QED) is 0.557. The normalized spacial score (nSPS) is 17.3. The largest absolute Gasteiger partial charge is 0.418 e. The van der Waals surface area contributed by atoms with E-state index in [4.69, 9.17) is 16.1 Å². The van der Waals surface area contributed by atoms with Crippen LogP contribution in [0.25, 0.3) is 11.4 Å². The molecule has 4 rings (SSSR count). The van der Waals surface area contributed by atoms with Crippen LogP contribution in [0.5, 0.6) is 0 Å². The third-order valence-electron chi connectivity index (χ3n) is 5.30. The number of amides is 1. The zero-order valence-electron chi connectivity index (χ0n) is 16.9. The van der Waals surface area contributed by atoms with Gasteiger partial charge in [-0.15, -0.1) is 0 Å². The molecular weight excluding hydrogens is 445 g/mol. The molecular formula is C22H20ClF3N4O2. The van der Waals surface area contributed by atoms with Crippen molar-refractivity contribution >= 4 is 23.2 Å². The maximum atomic E-state index is 13.2. The monoisotopic (exact) mass is 464 g/mol. The second-order valence-electron chi connectivity index (χ2n) is 7.63. The van der Waals surface area contributed by atoms with E-state index >= 15 is 0 Å². The SMILES string of the molecule is O=C(Nc1ccccc1C(F)(F)F)C1CCCN(Cc2nc(-c3ccc(Cl)cc3)no2)C1. The van der Waals surface area contributed by atoms with E-state index in [0.29, 0.717) is 36.2 Å². The van der Waals surface area contributed by atoms with Crippen LogP contribution in [0.4, 0.5) is 18.9 Å². The molecule has 1 amide bonds. The molecule has 10 heteroatoms. The number of alkyl halides is 3. The first-order valence-corrected chi connectivity index (χ1v) is 10.5. The maximum absolute atomic E-state index is 13.2. The molecule has 1 N–H and O–H groups in total. The highest BCUT2D eigenvalue weighted by molar-refractivity contribution is 6.30. The number of hydrogen-bond acceptors (Lipinski definition) is 5. The summed E-state index contributed by atoms with van der Waals surface area (Å²) in [6, 6.07) is 12.0. The molecule has 6 nitrogen and oxygen atoms in total. The summed E-state index contributed by atoms with van der Waals surface area (Å²) < 4.78 is 44.9. The number of carbonyl (C=O) groups excluding carboxylic acids is 1. The third-order valence-corrected chi connectivity index (χ3v) is 5.55. The molecule has 3 aromatic rings. The highest BCUT2D eigenvalue weighted by atomic mass is 35.5. The molecule has 0 bridgehead atoms. The summed E-state index contributed by atoms with van der Waals surface area (Å²) in [6.07, 6.45) is -3.21. The minimum atomic E-state index is -4.54. The van der Waals surface area contributed by atoms with Gasteiger partial charge in [0.2, 0.25) is 17.6 Å². The molecule has 0 aliphatic carbocycles. The lowest BCUT2D eigenvalue weighted by Crippen LogP contribution is -2.40. The van der Waals surface area contributed by atoms with E-state index in [-0.39, 0.29) is 5.69 Å². The summed E-state index contributed by atoms with van der Waals surface area (Å²) in [7, 11) is 0. The lowest BCUT2D eigenvalue weighted by Gasteiger charge is -2.31. The van der Waals surface area contributed by atoms with Crippen LogP contribution in [0.2, 0.25) is 5.02 Å². The zero-order chi connectivity index (χ0) is 22.7. The molecule has 1 fully saturated rings. The van der Waals surface area contributed by atoms with Gasteiger partial charge in [-0.2, -0.15) is 18.2 Å². The van der Waals surface area contributed by atoms with E-state index in [2.05, 4.69) is 15.5 Å². The standard InChI is InChI=1S/C22H20ClF3N4O2/c23-16-9-7-14(8-10-16)20-28-19(32-29-20)13-30-11-3-4-15(12-30)21(31)27-18-6-2-1-5-17(18)22(24,25)26/h1-2,5-10,15H,3-4,11-13H2,(H,27,31). The number of piperidine rings is 1. The number of para-hydroxylation sites is 1. The van der Waals surface area contributed by atoms with Crippen molar-refractivity contribution in [3.8, 4) is 11.4 Å². The van der Waals surface area contributed by atoms with E-state index in [1.54, 1.807) is 24.3 Å². The van der Waals surface area contributed by atoms with Crippen LogP contribution in [-0.2, 0) is 17.5 Å². The van der Waals surface area contributed by atoms with Gasteiger partial charge in [0.25, 0.3) is 0 Å². The minimum absolute atomic E-state index is 0.230. The Morgan fingerprint density at radius 2 is 1.94 bits per heavy atom. The van der Waals surface area contributed by atoms with E-state index in [0.717, 1.165) is 24.6 Å². The van der Waals surface area contributed by atoms with Gasteiger partial charge in [-0.3, -0.25) is 9.69 Å². The second-order valence-corrected chi connectivity index (χ2v) is 8.06.